The molecule has 0 spiro atoms. The van der Waals surface area contributed by atoms with Crippen molar-refractivity contribution in [2.75, 3.05) is 13.1 Å². The summed E-state index contributed by atoms with van der Waals surface area (Å²) in [6.07, 6.45) is 1.38. The van der Waals surface area contributed by atoms with Crippen molar-refractivity contribution in [2.45, 2.75) is 13.0 Å². The Balaban J connectivity index is 1.42. The van der Waals surface area contributed by atoms with Crippen molar-refractivity contribution in [1.29, 1.82) is 0 Å². The van der Waals surface area contributed by atoms with E-state index in [2.05, 4.69) is 9.97 Å². The Hall–Kier alpha value is -3.22. The molecule has 0 atom stereocenters. The molecule has 3 aromatic rings. The Morgan fingerprint density at radius 3 is 2.65 bits per heavy atom. The minimum atomic E-state index is -0.164. The Morgan fingerprint density at radius 1 is 1.19 bits per heavy atom. The highest BCUT2D eigenvalue weighted by molar-refractivity contribution is 5.94. The molecule has 0 N–H and O–H groups in total. The fourth-order valence-corrected chi connectivity index (χ4v) is 2.90. The number of amides is 1. The Labute approximate surface area is 149 Å². The number of ether oxygens (including phenoxy) is 1. The van der Waals surface area contributed by atoms with Crippen molar-refractivity contribution in [3.05, 3.63) is 64.3 Å². The summed E-state index contributed by atoms with van der Waals surface area (Å²) in [4.78, 5) is 34.7. The number of aryl methyl sites for hydroxylation is 1. The maximum Gasteiger partial charge on any atom is 0.274 e. The first-order valence-corrected chi connectivity index (χ1v) is 8.36. The zero-order valence-corrected chi connectivity index (χ0v) is 14.5. The van der Waals surface area contributed by atoms with Crippen LogP contribution in [0.3, 0.4) is 0 Å². The Kier molecular flexibility index (Phi) is 3.91. The molecular weight excluding hydrogens is 332 g/mol. The lowest BCUT2D eigenvalue weighted by Gasteiger charge is -2.38. The minimum Gasteiger partial charge on any atom is -0.486 e. The molecule has 1 aliphatic rings. The number of hydrogen-bond donors (Lipinski definition) is 0. The van der Waals surface area contributed by atoms with Crippen molar-refractivity contribution < 1.29 is 9.53 Å². The molecule has 1 saturated heterocycles. The first-order valence-electron chi connectivity index (χ1n) is 8.36. The van der Waals surface area contributed by atoms with Gasteiger partial charge in [-0.15, -0.1) is 0 Å². The van der Waals surface area contributed by atoms with Gasteiger partial charge in [-0.1, -0.05) is 12.1 Å². The molecular formula is C19H18N4O3. The van der Waals surface area contributed by atoms with Crippen molar-refractivity contribution in [3.8, 4) is 5.75 Å². The second-order valence-electron chi connectivity index (χ2n) is 6.42. The summed E-state index contributed by atoms with van der Waals surface area (Å²) in [6, 6.07) is 10.7. The molecule has 1 aliphatic heterocycles. The fraction of sp³-hybridized carbons (Fsp3) is 0.263. The molecule has 1 fully saturated rings. The van der Waals surface area contributed by atoms with Crippen LogP contribution in [0.1, 0.15) is 16.2 Å². The van der Waals surface area contributed by atoms with Crippen molar-refractivity contribution in [1.82, 2.24) is 19.4 Å². The van der Waals surface area contributed by atoms with Crippen LogP contribution in [0.15, 0.2) is 47.4 Å². The van der Waals surface area contributed by atoms with Crippen LogP contribution in [-0.2, 0) is 7.05 Å². The summed E-state index contributed by atoms with van der Waals surface area (Å²) in [5, 5.41) is 0. The van der Waals surface area contributed by atoms with E-state index in [0.29, 0.717) is 30.0 Å². The van der Waals surface area contributed by atoms with Gasteiger partial charge in [0.2, 0.25) is 0 Å². The number of pyridine rings is 1. The summed E-state index contributed by atoms with van der Waals surface area (Å²) in [5.74, 6) is 0.372. The molecule has 7 nitrogen and oxygen atoms in total. The lowest BCUT2D eigenvalue weighted by Crippen LogP contribution is -2.56. The molecule has 2 aromatic heterocycles. The SMILES string of the molecule is Cc1cc(OC2CN(C(=O)c3cnc4ccccc4n3)C2)cc(=O)n1C. The normalized spacial score (nSPS) is 14.3. The first kappa shape index (κ1) is 16.3. The molecule has 1 aromatic carbocycles. The number of fused-ring (bicyclic) bond motifs is 1. The highest BCUT2D eigenvalue weighted by Crippen LogP contribution is 2.20. The number of carbonyl (C=O) groups is 1. The fourth-order valence-electron chi connectivity index (χ4n) is 2.90. The molecule has 132 valence electrons. The van der Waals surface area contributed by atoms with Crippen LogP contribution in [0, 0.1) is 6.92 Å². The number of nitrogens with zero attached hydrogens (tertiary/aromatic N) is 4. The van der Waals surface area contributed by atoms with Gasteiger partial charge in [-0.05, 0) is 25.1 Å². The number of aromatic nitrogens is 3. The number of benzene rings is 1. The van der Waals surface area contributed by atoms with Crippen LogP contribution in [0.25, 0.3) is 11.0 Å². The van der Waals surface area contributed by atoms with Gasteiger partial charge >= 0.3 is 0 Å². The molecule has 3 heterocycles. The van der Waals surface area contributed by atoms with E-state index in [1.54, 1.807) is 16.5 Å². The second-order valence-corrected chi connectivity index (χ2v) is 6.42. The summed E-state index contributed by atoms with van der Waals surface area (Å²) >= 11 is 0. The molecule has 0 bridgehead atoms. The van der Waals surface area contributed by atoms with Crippen molar-refractivity contribution in [2.24, 2.45) is 7.05 Å². The van der Waals surface area contributed by atoms with E-state index < -0.39 is 0 Å². The highest BCUT2D eigenvalue weighted by atomic mass is 16.5. The maximum absolute atomic E-state index is 12.5. The van der Waals surface area contributed by atoms with Gasteiger partial charge in [0.1, 0.15) is 17.5 Å². The standard InChI is InChI=1S/C19H18N4O3/c1-12-7-13(8-18(24)22(12)2)26-14-10-23(11-14)19(25)17-9-20-15-5-3-4-6-16(15)21-17/h3-9,14H,10-11H2,1-2H3. The number of likely N-dealkylation sites (tertiary alicyclic amines) is 1. The number of rotatable bonds is 3. The van der Waals surface area contributed by atoms with Crippen LogP contribution >= 0.6 is 0 Å². The second kappa shape index (κ2) is 6.25. The predicted molar refractivity (Wildman–Crippen MR) is 96.3 cm³/mol. The Morgan fingerprint density at radius 2 is 1.92 bits per heavy atom. The monoisotopic (exact) mass is 350 g/mol. The summed E-state index contributed by atoms with van der Waals surface area (Å²) in [6.45, 7) is 2.77. The van der Waals surface area contributed by atoms with Gasteiger partial charge in [0.05, 0.1) is 30.3 Å². The average Bonchev–Trinajstić information content (AvgIpc) is 2.61. The third-order valence-electron chi connectivity index (χ3n) is 4.58. The molecule has 0 unspecified atom stereocenters. The lowest BCUT2D eigenvalue weighted by molar-refractivity contribution is 0.0172. The van der Waals surface area contributed by atoms with E-state index in [-0.39, 0.29) is 17.6 Å². The van der Waals surface area contributed by atoms with Crippen LogP contribution in [0.4, 0.5) is 0 Å². The summed E-state index contributed by atoms with van der Waals surface area (Å²) in [5.41, 5.74) is 2.49. The lowest BCUT2D eigenvalue weighted by atomic mass is 10.1. The molecule has 26 heavy (non-hydrogen) atoms. The summed E-state index contributed by atoms with van der Waals surface area (Å²) in [7, 11) is 1.72. The van der Waals surface area contributed by atoms with E-state index >= 15 is 0 Å². The summed E-state index contributed by atoms with van der Waals surface area (Å²) < 4.78 is 7.37. The average molecular weight is 350 g/mol. The largest absolute Gasteiger partial charge is 0.486 e. The minimum absolute atomic E-state index is 0.112. The highest BCUT2D eigenvalue weighted by Gasteiger charge is 2.33. The molecule has 7 heteroatoms. The van der Waals surface area contributed by atoms with Crippen LogP contribution in [-0.4, -0.2) is 44.5 Å². The van der Waals surface area contributed by atoms with Gasteiger partial charge in [0.25, 0.3) is 11.5 Å². The molecule has 0 aliphatic carbocycles. The number of hydrogen-bond acceptors (Lipinski definition) is 5. The third-order valence-corrected chi connectivity index (χ3v) is 4.58. The zero-order chi connectivity index (χ0) is 18.3. The molecule has 0 saturated carbocycles. The van der Waals surface area contributed by atoms with Gasteiger partial charge in [-0.3, -0.25) is 14.6 Å². The molecule has 1 amide bonds. The predicted octanol–water partition coefficient (Wildman–Crippen LogP) is 1.54. The van der Waals surface area contributed by atoms with Crippen LogP contribution in [0.5, 0.6) is 5.75 Å². The van der Waals surface area contributed by atoms with E-state index in [1.807, 2.05) is 37.3 Å². The molecule has 0 radical (unpaired) electrons. The smallest absolute Gasteiger partial charge is 0.274 e. The topological polar surface area (TPSA) is 77.3 Å². The van der Waals surface area contributed by atoms with Crippen LogP contribution < -0.4 is 10.3 Å². The van der Waals surface area contributed by atoms with Gasteiger partial charge in [0, 0.05) is 18.8 Å². The quantitative estimate of drug-likeness (QED) is 0.716. The van der Waals surface area contributed by atoms with Crippen LogP contribution in [0.2, 0.25) is 0 Å². The molecule has 4 rings (SSSR count). The van der Waals surface area contributed by atoms with E-state index in [9.17, 15) is 9.59 Å². The van der Waals surface area contributed by atoms with Crippen molar-refractivity contribution in [3.63, 3.8) is 0 Å². The zero-order valence-electron chi connectivity index (χ0n) is 14.5. The third kappa shape index (κ3) is 2.92. The number of para-hydroxylation sites is 2. The van der Waals surface area contributed by atoms with E-state index in [1.165, 1.54) is 12.3 Å². The van der Waals surface area contributed by atoms with Gasteiger partial charge < -0.3 is 14.2 Å². The van der Waals surface area contributed by atoms with E-state index in [4.69, 9.17) is 4.74 Å². The Bertz CT molecular complexity index is 1050. The van der Waals surface area contributed by atoms with Gasteiger partial charge in [0.15, 0.2) is 0 Å². The van der Waals surface area contributed by atoms with Gasteiger partial charge in [-0.2, -0.15) is 0 Å². The number of carbonyl (C=O) groups excluding carboxylic acids is 1. The van der Waals surface area contributed by atoms with E-state index in [0.717, 1.165) is 11.2 Å². The van der Waals surface area contributed by atoms with Crippen molar-refractivity contribution >= 4 is 16.9 Å². The maximum atomic E-state index is 12.5. The first-order chi connectivity index (χ1) is 12.5. The van der Waals surface area contributed by atoms with Gasteiger partial charge in [-0.25, -0.2) is 4.98 Å².